The molecule has 0 amide bonds. The third kappa shape index (κ3) is 5.56. The van der Waals surface area contributed by atoms with Gasteiger partial charge in [-0.25, -0.2) is 13.1 Å². The lowest BCUT2D eigenvalue weighted by Gasteiger charge is -2.10. The van der Waals surface area contributed by atoms with Crippen molar-refractivity contribution in [3.05, 3.63) is 28.3 Å². The molecule has 0 aliphatic carbocycles. The molecule has 0 fully saturated rings. The highest BCUT2D eigenvalue weighted by Crippen LogP contribution is 2.29. The fourth-order valence-corrected chi connectivity index (χ4v) is 2.62. The highest BCUT2D eigenvalue weighted by molar-refractivity contribution is 7.89. The lowest BCUT2D eigenvalue weighted by atomic mass is 10.2. The number of nitro benzene ring substituents is 1. The molecule has 0 saturated carbocycles. The van der Waals surface area contributed by atoms with Crippen LogP contribution in [-0.4, -0.2) is 38.8 Å². The summed E-state index contributed by atoms with van der Waals surface area (Å²) in [5, 5.41) is 13.7. The van der Waals surface area contributed by atoms with Gasteiger partial charge in [-0.2, -0.15) is 0 Å². The number of anilines is 1. The number of rotatable bonds is 9. The molecule has 0 bridgehead atoms. The number of sulfonamides is 1. The van der Waals surface area contributed by atoms with Crippen LogP contribution in [0.15, 0.2) is 18.2 Å². The molecule has 0 radical (unpaired) electrons. The van der Waals surface area contributed by atoms with E-state index in [1.165, 1.54) is 18.2 Å². The van der Waals surface area contributed by atoms with Crippen LogP contribution in [-0.2, 0) is 10.0 Å². The molecule has 0 saturated heterocycles. The first-order valence-corrected chi connectivity index (χ1v) is 8.17. The van der Waals surface area contributed by atoms with Gasteiger partial charge >= 0.3 is 5.69 Å². The summed E-state index contributed by atoms with van der Waals surface area (Å²) in [6, 6.07) is 4.33. The molecule has 0 unspecified atom stereocenters. The molecule has 9 heteroatoms. The number of nitrogens with one attached hydrogen (secondary N) is 2. The predicted molar refractivity (Wildman–Crippen MR) is 80.2 cm³/mol. The van der Waals surface area contributed by atoms with Crippen molar-refractivity contribution in [2.45, 2.75) is 13.8 Å². The molecule has 0 heterocycles. The van der Waals surface area contributed by atoms with Crippen LogP contribution in [0.4, 0.5) is 11.4 Å². The summed E-state index contributed by atoms with van der Waals surface area (Å²) in [6.07, 6.45) is 0. The zero-order chi connectivity index (χ0) is 15.9. The summed E-state index contributed by atoms with van der Waals surface area (Å²) in [5.74, 6) is 0.0731. The molecule has 0 atom stereocenters. The fraction of sp³-hybridized carbons (Fsp3) is 0.500. The van der Waals surface area contributed by atoms with E-state index in [4.69, 9.17) is 4.74 Å². The maximum Gasteiger partial charge on any atom is 0.311 e. The van der Waals surface area contributed by atoms with Gasteiger partial charge in [-0.3, -0.25) is 10.1 Å². The van der Waals surface area contributed by atoms with Crippen molar-refractivity contribution in [3.8, 4) is 5.75 Å². The Labute approximate surface area is 123 Å². The average Bonchev–Trinajstić information content (AvgIpc) is 2.38. The van der Waals surface area contributed by atoms with Gasteiger partial charge in [0.25, 0.3) is 0 Å². The molecule has 0 spiro atoms. The van der Waals surface area contributed by atoms with Gasteiger partial charge in [0.05, 0.1) is 17.3 Å². The third-order valence-electron chi connectivity index (χ3n) is 2.52. The first-order chi connectivity index (χ1) is 9.89. The topological polar surface area (TPSA) is 111 Å². The van der Waals surface area contributed by atoms with Gasteiger partial charge in [0.15, 0.2) is 5.75 Å². The summed E-state index contributed by atoms with van der Waals surface area (Å²) in [6.45, 7) is 4.27. The van der Waals surface area contributed by atoms with E-state index < -0.39 is 14.9 Å². The molecular formula is C12H19N3O5S. The van der Waals surface area contributed by atoms with Crippen molar-refractivity contribution in [2.24, 2.45) is 0 Å². The lowest BCUT2D eigenvalue weighted by Crippen LogP contribution is -2.29. The van der Waals surface area contributed by atoms with Gasteiger partial charge in [0, 0.05) is 30.9 Å². The lowest BCUT2D eigenvalue weighted by molar-refractivity contribution is -0.385. The Morgan fingerprint density at radius 2 is 2.05 bits per heavy atom. The minimum atomic E-state index is -3.30. The van der Waals surface area contributed by atoms with Crippen molar-refractivity contribution in [3.63, 3.8) is 0 Å². The van der Waals surface area contributed by atoms with Crippen molar-refractivity contribution in [2.75, 3.05) is 30.8 Å². The number of nitro groups is 1. The quantitative estimate of drug-likeness (QED) is 0.525. The molecule has 1 rings (SSSR count). The summed E-state index contributed by atoms with van der Waals surface area (Å²) in [5.41, 5.74) is 0.443. The van der Waals surface area contributed by atoms with E-state index in [1.807, 2.05) is 0 Å². The van der Waals surface area contributed by atoms with Gasteiger partial charge < -0.3 is 10.1 Å². The van der Waals surface area contributed by atoms with E-state index in [-0.39, 0.29) is 23.7 Å². The zero-order valence-corrected chi connectivity index (χ0v) is 12.8. The smallest absolute Gasteiger partial charge is 0.311 e. The van der Waals surface area contributed by atoms with Gasteiger partial charge in [-0.15, -0.1) is 0 Å². The van der Waals surface area contributed by atoms with Gasteiger partial charge in [-0.1, -0.05) is 6.92 Å². The van der Waals surface area contributed by atoms with Crippen LogP contribution in [0.3, 0.4) is 0 Å². The Kier molecular flexibility index (Phi) is 6.38. The van der Waals surface area contributed by atoms with E-state index in [9.17, 15) is 18.5 Å². The van der Waals surface area contributed by atoms with E-state index in [2.05, 4.69) is 10.0 Å². The molecule has 1 aromatic carbocycles. The number of nitrogens with zero attached hydrogens (tertiary/aromatic N) is 1. The Morgan fingerprint density at radius 1 is 1.33 bits per heavy atom. The third-order valence-corrected chi connectivity index (χ3v) is 3.99. The second kappa shape index (κ2) is 7.79. The van der Waals surface area contributed by atoms with E-state index in [0.717, 1.165) is 0 Å². The van der Waals surface area contributed by atoms with E-state index >= 15 is 0 Å². The molecule has 0 aliphatic rings. The monoisotopic (exact) mass is 317 g/mol. The van der Waals surface area contributed by atoms with Crippen molar-refractivity contribution in [1.82, 2.24) is 4.72 Å². The Balaban J connectivity index is 2.72. The Hall–Kier alpha value is -1.87. The molecule has 0 aliphatic heterocycles. The van der Waals surface area contributed by atoms with Crippen LogP contribution in [0.1, 0.15) is 13.8 Å². The number of hydrogen-bond acceptors (Lipinski definition) is 6. The number of benzene rings is 1. The average molecular weight is 317 g/mol. The summed E-state index contributed by atoms with van der Waals surface area (Å²) in [4.78, 5) is 10.3. The van der Waals surface area contributed by atoms with Crippen molar-refractivity contribution >= 4 is 21.4 Å². The number of hydrogen-bond donors (Lipinski definition) is 2. The maximum atomic E-state index is 11.5. The normalized spacial score (nSPS) is 11.1. The second-order valence-electron chi connectivity index (χ2n) is 4.12. The molecule has 8 nitrogen and oxygen atoms in total. The molecule has 2 N–H and O–H groups in total. The molecule has 1 aromatic rings. The van der Waals surface area contributed by atoms with Crippen LogP contribution in [0.5, 0.6) is 5.75 Å². The van der Waals surface area contributed by atoms with E-state index in [0.29, 0.717) is 18.8 Å². The van der Waals surface area contributed by atoms with Crippen molar-refractivity contribution < 1.29 is 18.1 Å². The first kappa shape index (κ1) is 17.2. The van der Waals surface area contributed by atoms with Gasteiger partial charge in [-0.05, 0) is 13.0 Å². The minimum Gasteiger partial charge on any atom is -0.487 e. The largest absolute Gasteiger partial charge is 0.487 e. The second-order valence-corrected chi connectivity index (χ2v) is 6.04. The van der Waals surface area contributed by atoms with Crippen LogP contribution in [0, 0.1) is 10.1 Å². The predicted octanol–water partition coefficient (Wildman–Crippen LogP) is 1.34. The highest BCUT2D eigenvalue weighted by atomic mass is 32.2. The fourth-order valence-electron chi connectivity index (χ4n) is 1.67. The number of ether oxygens (including phenoxy) is 1. The minimum absolute atomic E-state index is 0.0816. The maximum absolute atomic E-state index is 11.5. The van der Waals surface area contributed by atoms with Crippen LogP contribution in [0.25, 0.3) is 0 Å². The Bertz CT molecular complexity index is 589. The summed E-state index contributed by atoms with van der Waals surface area (Å²) in [7, 11) is -3.30. The standard InChI is InChI=1S/C12H19N3O5S/c1-3-14-21(18,19)8-7-13-10-5-6-11(15(16)17)12(9-10)20-4-2/h5-6,9,13-14H,3-4,7-8H2,1-2H3. The van der Waals surface area contributed by atoms with Crippen LogP contribution in [0.2, 0.25) is 0 Å². The highest BCUT2D eigenvalue weighted by Gasteiger charge is 2.15. The SMILES string of the molecule is CCNS(=O)(=O)CCNc1ccc([N+](=O)[O-])c(OCC)c1. The van der Waals surface area contributed by atoms with Gasteiger partial charge in [0.1, 0.15) is 0 Å². The molecular weight excluding hydrogens is 298 g/mol. The van der Waals surface area contributed by atoms with Crippen LogP contribution < -0.4 is 14.8 Å². The summed E-state index contributed by atoms with van der Waals surface area (Å²) >= 11 is 0. The zero-order valence-electron chi connectivity index (χ0n) is 12.0. The molecule has 21 heavy (non-hydrogen) atoms. The van der Waals surface area contributed by atoms with Crippen LogP contribution >= 0.6 is 0 Å². The molecule has 0 aromatic heterocycles. The van der Waals surface area contributed by atoms with Gasteiger partial charge in [0.2, 0.25) is 10.0 Å². The molecule has 118 valence electrons. The Morgan fingerprint density at radius 3 is 2.62 bits per heavy atom. The first-order valence-electron chi connectivity index (χ1n) is 6.52. The van der Waals surface area contributed by atoms with Crippen molar-refractivity contribution in [1.29, 1.82) is 0 Å². The van der Waals surface area contributed by atoms with E-state index in [1.54, 1.807) is 13.8 Å². The summed E-state index contributed by atoms with van der Waals surface area (Å²) < 4.78 is 30.5.